The summed E-state index contributed by atoms with van der Waals surface area (Å²) in [7, 11) is 4.33. The van der Waals surface area contributed by atoms with E-state index in [1.165, 1.54) is 132 Å². The van der Waals surface area contributed by atoms with E-state index < -0.39 is 0 Å². The average Bonchev–Trinajstić information content (AvgIpc) is 4.08. The first-order chi connectivity index (χ1) is 33.9. The number of benzene rings is 9. The normalized spacial score (nSPS) is 13.1. The Balaban J connectivity index is 0.968. The van der Waals surface area contributed by atoms with Gasteiger partial charge in [-0.25, -0.2) is 0 Å². The van der Waals surface area contributed by atoms with E-state index in [0.717, 1.165) is 24.2 Å². The van der Waals surface area contributed by atoms with E-state index in [0.29, 0.717) is 0 Å². The van der Waals surface area contributed by atoms with Crippen LogP contribution in [0.15, 0.2) is 207 Å². The van der Waals surface area contributed by atoms with Crippen LogP contribution in [0.3, 0.4) is 0 Å². The Kier molecular flexibility index (Phi) is 8.57. The molecule has 0 saturated heterocycles. The van der Waals surface area contributed by atoms with Crippen molar-refractivity contribution in [1.29, 1.82) is 0 Å². The minimum Gasteiger partial charge on any atom is -0.344 e. The van der Waals surface area contributed by atoms with Crippen LogP contribution in [0.4, 0.5) is 0 Å². The lowest BCUT2D eigenvalue weighted by Crippen LogP contribution is -2.05. The molecule has 9 aromatic carbocycles. The van der Waals surface area contributed by atoms with Gasteiger partial charge in [0.05, 0.1) is 22.1 Å². The number of rotatable bonds is 6. The highest BCUT2D eigenvalue weighted by Gasteiger charge is 2.25. The Bertz CT molecular complexity index is 4400. The molecule has 4 aromatic heterocycles. The van der Waals surface area contributed by atoms with Gasteiger partial charge in [0.25, 0.3) is 0 Å². The van der Waals surface area contributed by atoms with Gasteiger partial charge in [-0.05, 0) is 173 Å². The number of aryl methyl sites for hydroxylation is 4. The molecule has 13 aromatic rings. The summed E-state index contributed by atoms with van der Waals surface area (Å²) in [5.41, 5.74) is 22.4. The van der Waals surface area contributed by atoms with Crippen LogP contribution in [0.1, 0.15) is 18.1 Å². The molecule has 0 saturated carbocycles. The van der Waals surface area contributed by atoms with Crippen LogP contribution in [-0.4, -0.2) is 18.3 Å². The monoisotopic (exact) mass is 884 g/mol. The first-order valence-electron chi connectivity index (χ1n) is 24.1. The largest absolute Gasteiger partial charge is 0.344 e. The van der Waals surface area contributed by atoms with E-state index in [1.807, 2.05) is 6.08 Å². The molecule has 0 atom stereocenters. The van der Waals surface area contributed by atoms with Crippen LogP contribution in [0.25, 0.3) is 132 Å². The van der Waals surface area contributed by atoms with Crippen molar-refractivity contribution in [2.45, 2.75) is 19.8 Å². The lowest BCUT2D eigenvalue weighted by atomic mass is 9.84. The van der Waals surface area contributed by atoms with Crippen molar-refractivity contribution in [3.63, 3.8) is 0 Å². The van der Waals surface area contributed by atoms with Crippen LogP contribution in [0.5, 0.6) is 0 Å². The molecule has 4 nitrogen and oxygen atoms in total. The second-order valence-corrected chi connectivity index (χ2v) is 19.0. The molecule has 0 aliphatic heterocycles. The van der Waals surface area contributed by atoms with Gasteiger partial charge in [0.15, 0.2) is 0 Å². The lowest BCUT2D eigenvalue weighted by Gasteiger charge is -2.21. The summed E-state index contributed by atoms with van der Waals surface area (Å²) >= 11 is 0. The summed E-state index contributed by atoms with van der Waals surface area (Å²) in [5, 5.41) is 10.2. The molecule has 0 unspecified atom stereocenters. The molecule has 69 heavy (non-hydrogen) atoms. The van der Waals surface area contributed by atoms with Gasteiger partial charge in [0, 0.05) is 90.6 Å². The lowest BCUT2D eigenvalue weighted by molar-refractivity contribution is 0.946. The van der Waals surface area contributed by atoms with Crippen molar-refractivity contribution in [3.8, 4) is 39.1 Å². The van der Waals surface area contributed by atoms with E-state index in [1.54, 1.807) is 0 Å². The van der Waals surface area contributed by atoms with Gasteiger partial charge in [-0.1, -0.05) is 97.6 Å². The van der Waals surface area contributed by atoms with Crippen molar-refractivity contribution in [1.82, 2.24) is 18.3 Å². The van der Waals surface area contributed by atoms with E-state index in [-0.39, 0.29) is 0 Å². The summed E-state index contributed by atoms with van der Waals surface area (Å²) in [6, 6.07) is 66.3. The summed E-state index contributed by atoms with van der Waals surface area (Å²) in [6.45, 7) is 6.24. The Morgan fingerprint density at radius 2 is 0.855 bits per heavy atom. The average molecular weight is 885 g/mol. The van der Waals surface area contributed by atoms with Crippen molar-refractivity contribution >= 4 is 92.9 Å². The highest BCUT2D eigenvalue weighted by molar-refractivity contribution is 6.16. The van der Waals surface area contributed by atoms with Gasteiger partial charge in [-0.15, -0.1) is 0 Å². The Morgan fingerprint density at radius 1 is 0.420 bits per heavy atom. The van der Waals surface area contributed by atoms with E-state index in [4.69, 9.17) is 0 Å². The first-order valence-corrected chi connectivity index (χ1v) is 24.1. The molecule has 4 heteroatoms. The van der Waals surface area contributed by atoms with Crippen LogP contribution in [0, 0.1) is 0 Å². The van der Waals surface area contributed by atoms with E-state index >= 15 is 0 Å². The van der Waals surface area contributed by atoms with Gasteiger partial charge in [-0.2, -0.15) is 0 Å². The third-order valence-electron chi connectivity index (χ3n) is 15.3. The predicted molar refractivity (Wildman–Crippen MR) is 295 cm³/mol. The summed E-state index contributed by atoms with van der Waals surface area (Å²) in [5.74, 6) is 0. The Hall–Kier alpha value is -8.60. The first kappa shape index (κ1) is 39.6. The number of fused-ring (bicyclic) bond motifs is 15. The van der Waals surface area contributed by atoms with E-state index in [2.05, 4.69) is 240 Å². The molecule has 14 rings (SSSR count). The number of para-hydroxylation sites is 3. The second kappa shape index (κ2) is 15.0. The van der Waals surface area contributed by atoms with Crippen LogP contribution < -0.4 is 0 Å². The molecule has 4 heterocycles. The summed E-state index contributed by atoms with van der Waals surface area (Å²) in [6.07, 6.45) is 10.3. The topological polar surface area (TPSA) is 19.7 Å². The smallest absolute Gasteiger partial charge is 0.0547 e. The van der Waals surface area contributed by atoms with E-state index in [9.17, 15) is 0 Å². The zero-order chi connectivity index (χ0) is 46.1. The molecule has 0 N–H and O–H groups in total. The maximum atomic E-state index is 4.15. The number of hydrogen-bond donors (Lipinski definition) is 0. The molecule has 1 aliphatic carbocycles. The number of hydrogen-bond acceptors (Lipinski definition) is 0. The van der Waals surface area contributed by atoms with Crippen LogP contribution in [-0.2, 0) is 26.9 Å². The zero-order valence-electron chi connectivity index (χ0n) is 39.0. The minimum absolute atomic E-state index is 0.978. The van der Waals surface area contributed by atoms with Gasteiger partial charge >= 0.3 is 0 Å². The highest BCUT2D eigenvalue weighted by atomic mass is 15.0. The minimum atomic E-state index is 0.978. The molecule has 328 valence electrons. The van der Waals surface area contributed by atoms with Crippen LogP contribution in [0.2, 0.25) is 0 Å². The van der Waals surface area contributed by atoms with Gasteiger partial charge in [0.1, 0.15) is 0 Å². The third kappa shape index (κ3) is 5.76. The standard InChI is InChI=1S/C65H48N4/c1-5-14-46(15-6-2)68-62-30-26-42(40-24-28-60-52(32-40)48-18-10-12-20-58(48)66(60)3)34-54(62)56-36-44-22-23-45-37-57-55-35-43(41-25-29-61-53(33-41)49-19-11-13-21-59(49)67(61)4)27-31-63(55)69(47-16-8-7-9-17-47)65(57)39-51(45)50(44)38-64(56)68/h5-21,24-39H,1,22-23H2,2-4H3/b15-6-,46-14+. The van der Waals surface area contributed by atoms with Crippen LogP contribution >= 0.6 is 0 Å². The SMILES string of the molecule is C=C/C=C(\C=C/C)n1c2ccc(-c3ccc4c(c3)c3ccccc3n4C)cc2c2cc3c(cc21)-c1cc2c(cc1CC3)c1cc(-c3ccc4c(c3)c3ccccc3n4C)ccc1n2-c1ccccc1. The second-order valence-electron chi connectivity index (χ2n) is 19.0. The molecule has 1 aliphatic rings. The molecule has 0 spiro atoms. The maximum Gasteiger partial charge on any atom is 0.0547 e. The predicted octanol–water partition coefficient (Wildman–Crippen LogP) is 16.9. The molecular formula is C65H48N4. The fourth-order valence-corrected chi connectivity index (χ4v) is 12.1. The number of nitrogens with zero attached hydrogens (tertiary/aromatic N) is 4. The highest BCUT2D eigenvalue weighted by Crippen LogP contribution is 2.46. The number of aromatic nitrogens is 4. The quantitative estimate of drug-likeness (QED) is 0.148. The van der Waals surface area contributed by atoms with Crippen molar-refractivity contribution < 1.29 is 0 Å². The molecular weight excluding hydrogens is 837 g/mol. The van der Waals surface area contributed by atoms with Crippen molar-refractivity contribution in [2.24, 2.45) is 14.1 Å². The Morgan fingerprint density at radius 3 is 1.41 bits per heavy atom. The van der Waals surface area contributed by atoms with Crippen molar-refractivity contribution in [3.05, 3.63) is 218 Å². The van der Waals surface area contributed by atoms with Crippen molar-refractivity contribution in [2.75, 3.05) is 0 Å². The fraction of sp³-hybridized carbons (Fsp3) is 0.0769. The zero-order valence-corrected chi connectivity index (χ0v) is 39.0. The molecule has 0 bridgehead atoms. The molecule has 0 fully saturated rings. The van der Waals surface area contributed by atoms with Gasteiger partial charge in [0.2, 0.25) is 0 Å². The van der Waals surface area contributed by atoms with Gasteiger partial charge < -0.3 is 18.3 Å². The number of allylic oxidation sites excluding steroid dienone is 5. The van der Waals surface area contributed by atoms with Gasteiger partial charge in [-0.3, -0.25) is 0 Å². The molecule has 0 amide bonds. The summed E-state index contributed by atoms with van der Waals surface area (Å²) < 4.78 is 9.52. The maximum absolute atomic E-state index is 4.15. The third-order valence-corrected chi connectivity index (χ3v) is 15.3. The Labute approximate surface area is 400 Å². The summed E-state index contributed by atoms with van der Waals surface area (Å²) in [4.78, 5) is 0. The fourth-order valence-electron chi connectivity index (χ4n) is 12.1. The molecule has 0 radical (unpaired) electrons.